The molecule has 2 saturated heterocycles. The summed E-state index contributed by atoms with van der Waals surface area (Å²) in [5.74, 6) is 1.52. The van der Waals surface area contributed by atoms with E-state index in [0.29, 0.717) is 37.9 Å². The number of hydrogen-bond acceptors (Lipinski definition) is 5. The summed E-state index contributed by atoms with van der Waals surface area (Å²) in [7, 11) is 0. The second-order valence-corrected chi connectivity index (χ2v) is 7.88. The Balaban J connectivity index is 0.000000280. The summed E-state index contributed by atoms with van der Waals surface area (Å²) in [6, 6.07) is 0. The van der Waals surface area contributed by atoms with Crippen molar-refractivity contribution in [2.24, 2.45) is 17.8 Å². The number of ketones is 1. The van der Waals surface area contributed by atoms with Crippen LogP contribution in [0, 0.1) is 17.8 Å². The van der Waals surface area contributed by atoms with Gasteiger partial charge in [-0.2, -0.15) is 0 Å². The molecular weight excluding hydrogens is 356 g/mol. The number of hydrogen-bond donors (Lipinski definition) is 1. The molecule has 2 fully saturated rings. The molecule has 0 radical (unpaired) electrons. The van der Waals surface area contributed by atoms with Gasteiger partial charge in [0.15, 0.2) is 6.79 Å². The van der Waals surface area contributed by atoms with Gasteiger partial charge in [-0.25, -0.2) is 0 Å². The number of rotatable bonds is 9. The van der Waals surface area contributed by atoms with Crippen LogP contribution in [-0.4, -0.2) is 49.9 Å². The van der Waals surface area contributed by atoms with Crippen LogP contribution in [-0.2, 0) is 19.1 Å². The van der Waals surface area contributed by atoms with E-state index in [1.54, 1.807) is 4.90 Å². The molecule has 0 aromatic heterocycles. The van der Waals surface area contributed by atoms with E-state index in [4.69, 9.17) is 9.47 Å². The van der Waals surface area contributed by atoms with Gasteiger partial charge in [-0.3, -0.25) is 14.5 Å². The first-order valence-corrected chi connectivity index (χ1v) is 11.3. The monoisotopic (exact) mass is 398 g/mol. The Morgan fingerprint density at radius 1 is 0.929 bits per heavy atom. The van der Waals surface area contributed by atoms with Gasteiger partial charge >= 0.3 is 0 Å². The highest BCUT2D eigenvalue weighted by molar-refractivity contribution is 5.83. The van der Waals surface area contributed by atoms with Crippen molar-refractivity contribution in [1.82, 2.24) is 10.2 Å². The van der Waals surface area contributed by atoms with Crippen LogP contribution in [0.2, 0.25) is 0 Å². The molecule has 0 aromatic rings. The van der Waals surface area contributed by atoms with Gasteiger partial charge in [-0.1, -0.05) is 40.5 Å². The van der Waals surface area contributed by atoms with E-state index in [2.05, 4.69) is 26.1 Å². The number of nitrogens with zero attached hydrogens (tertiary/aromatic N) is 1. The topological polar surface area (TPSA) is 67.9 Å². The molecule has 2 unspecified atom stereocenters. The smallest absolute Gasteiger partial charge is 0.229 e. The highest BCUT2D eigenvalue weighted by Gasteiger charge is 2.26. The number of carbonyl (C=O) groups excluding carboxylic acids is 2. The van der Waals surface area contributed by atoms with E-state index >= 15 is 0 Å². The van der Waals surface area contributed by atoms with Crippen LogP contribution in [0.4, 0.5) is 0 Å². The van der Waals surface area contributed by atoms with Crippen molar-refractivity contribution in [2.75, 3.05) is 33.3 Å². The highest BCUT2D eigenvalue weighted by Crippen LogP contribution is 2.22. The molecule has 0 saturated carbocycles. The minimum Gasteiger partial charge on any atom is -0.335 e. The van der Waals surface area contributed by atoms with E-state index in [-0.39, 0.29) is 11.8 Å². The number of nitrogens with one attached hydrogen (secondary N) is 1. The third kappa shape index (κ3) is 8.58. The Bertz CT molecular complexity index is 379. The summed E-state index contributed by atoms with van der Waals surface area (Å²) in [6.45, 7) is 11.5. The molecule has 6 heteroatoms. The van der Waals surface area contributed by atoms with E-state index in [1.165, 1.54) is 0 Å². The van der Waals surface area contributed by atoms with Crippen LogP contribution >= 0.6 is 0 Å². The lowest BCUT2D eigenvalue weighted by Crippen LogP contribution is -2.42. The maximum absolute atomic E-state index is 12.1. The van der Waals surface area contributed by atoms with Crippen LogP contribution in [0.25, 0.3) is 0 Å². The molecule has 164 valence electrons. The molecule has 0 aromatic carbocycles. The molecule has 2 rings (SSSR count). The van der Waals surface area contributed by atoms with E-state index in [9.17, 15) is 9.59 Å². The Morgan fingerprint density at radius 2 is 1.46 bits per heavy atom. The van der Waals surface area contributed by atoms with Gasteiger partial charge in [0.2, 0.25) is 5.91 Å². The second kappa shape index (κ2) is 14.9. The number of ether oxygens (including phenoxy) is 2. The Morgan fingerprint density at radius 3 is 1.96 bits per heavy atom. The summed E-state index contributed by atoms with van der Waals surface area (Å²) in [5.41, 5.74) is 0. The third-order valence-corrected chi connectivity index (χ3v) is 5.73. The van der Waals surface area contributed by atoms with Crippen LogP contribution in [0.5, 0.6) is 0 Å². The molecule has 1 amide bonds. The second-order valence-electron chi connectivity index (χ2n) is 7.88. The maximum atomic E-state index is 12.1. The fourth-order valence-electron chi connectivity index (χ4n) is 3.96. The number of amides is 1. The minimum absolute atomic E-state index is 0.130. The van der Waals surface area contributed by atoms with Gasteiger partial charge in [0.1, 0.15) is 19.2 Å². The molecule has 2 aliphatic rings. The summed E-state index contributed by atoms with van der Waals surface area (Å²) in [6.07, 6.45) is 8.23. The van der Waals surface area contributed by atoms with Gasteiger partial charge in [-0.15, -0.1) is 0 Å². The van der Waals surface area contributed by atoms with Crippen LogP contribution in [0.15, 0.2) is 0 Å². The van der Waals surface area contributed by atoms with Crippen molar-refractivity contribution in [1.29, 1.82) is 0 Å². The highest BCUT2D eigenvalue weighted by atomic mass is 16.7. The van der Waals surface area contributed by atoms with Crippen molar-refractivity contribution in [2.45, 2.75) is 79.1 Å². The van der Waals surface area contributed by atoms with Gasteiger partial charge in [0.05, 0.1) is 0 Å². The molecule has 6 nitrogen and oxygen atoms in total. The number of Topliss-reactive ketones (excluding diaryl/α,β-unsaturated/α-hetero) is 1. The molecule has 0 bridgehead atoms. The van der Waals surface area contributed by atoms with E-state index < -0.39 is 0 Å². The summed E-state index contributed by atoms with van der Waals surface area (Å²) in [5, 5.41) is 3.31. The van der Waals surface area contributed by atoms with Crippen molar-refractivity contribution in [3.8, 4) is 0 Å². The van der Waals surface area contributed by atoms with Crippen molar-refractivity contribution in [3.05, 3.63) is 0 Å². The zero-order valence-electron chi connectivity index (χ0n) is 18.5. The summed E-state index contributed by atoms with van der Waals surface area (Å²) >= 11 is 0. The molecule has 28 heavy (non-hydrogen) atoms. The quantitative estimate of drug-likeness (QED) is 0.637. The number of carbonyl (C=O) groups is 2. The van der Waals surface area contributed by atoms with E-state index in [0.717, 1.165) is 64.5 Å². The Kier molecular flexibility index (Phi) is 13.4. The van der Waals surface area contributed by atoms with Crippen molar-refractivity contribution >= 4 is 11.7 Å². The van der Waals surface area contributed by atoms with Gasteiger partial charge in [0.25, 0.3) is 0 Å². The number of piperidine rings is 1. The zero-order chi connectivity index (χ0) is 20.8. The van der Waals surface area contributed by atoms with Gasteiger partial charge in [-0.05, 0) is 51.6 Å². The molecule has 1 N–H and O–H groups in total. The molecule has 2 aliphatic heterocycles. The molecule has 2 atom stereocenters. The molecule has 0 spiro atoms. The standard InChI is InChI=1S/C12H23NO.C10H19NO3/c1-3-5-10(4-2)12(14)11-6-8-13-9-7-11;1-3-5-9(4-2)10(12)11-6-13-8-14-7-11/h10-11,13H,3-9H2,1-2H3;9H,3-8H2,1-2H3. The normalized spacial score (nSPS) is 20.1. The molecule has 0 aliphatic carbocycles. The lowest BCUT2D eigenvalue weighted by molar-refractivity contribution is -0.194. The average Bonchev–Trinajstić information content (AvgIpc) is 2.76. The lowest BCUT2D eigenvalue weighted by atomic mass is 9.83. The maximum Gasteiger partial charge on any atom is 0.229 e. The Labute approximate surface area is 171 Å². The van der Waals surface area contributed by atoms with Gasteiger partial charge in [0, 0.05) is 17.8 Å². The predicted octanol–water partition coefficient (Wildman–Crippen LogP) is 3.94. The van der Waals surface area contributed by atoms with E-state index in [1.807, 2.05) is 6.92 Å². The first-order chi connectivity index (χ1) is 13.6. The average molecular weight is 399 g/mol. The minimum atomic E-state index is 0.130. The van der Waals surface area contributed by atoms with Crippen LogP contribution < -0.4 is 5.32 Å². The third-order valence-electron chi connectivity index (χ3n) is 5.73. The molecular formula is C22H42N2O4. The first kappa shape index (κ1) is 25.1. The Hall–Kier alpha value is -0.980. The lowest BCUT2D eigenvalue weighted by Gasteiger charge is -2.29. The largest absolute Gasteiger partial charge is 0.335 e. The fourth-order valence-corrected chi connectivity index (χ4v) is 3.96. The van der Waals surface area contributed by atoms with Crippen molar-refractivity contribution in [3.63, 3.8) is 0 Å². The predicted molar refractivity (Wildman–Crippen MR) is 112 cm³/mol. The summed E-state index contributed by atoms with van der Waals surface area (Å²) in [4.78, 5) is 25.6. The van der Waals surface area contributed by atoms with Crippen molar-refractivity contribution < 1.29 is 19.1 Å². The van der Waals surface area contributed by atoms with Crippen LogP contribution in [0.3, 0.4) is 0 Å². The fraction of sp³-hybridized carbons (Fsp3) is 0.909. The van der Waals surface area contributed by atoms with Gasteiger partial charge < -0.3 is 14.8 Å². The zero-order valence-corrected chi connectivity index (χ0v) is 18.5. The summed E-state index contributed by atoms with van der Waals surface area (Å²) < 4.78 is 10.1. The molecule has 2 heterocycles. The SMILES string of the molecule is CCCC(CC)C(=O)C1CCNCC1.CCCC(CC)C(=O)N1COCOC1. The van der Waals surface area contributed by atoms with Crippen LogP contribution in [0.1, 0.15) is 79.1 Å². The first-order valence-electron chi connectivity index (χ1n) is 11.3.